The van der Waals surface area contributed by atoms with Crippen LogP contribution in [0.5, 0.6) is 0 Å². The van der Waals surface area contributed by atoms with E-state index in [0.717, 1.165) is 10.6 Å². The van der Waals surface area contributed by atoms with Gasteiger partial charge in [0.25, 0.3) is 0 Å². The van der Waals surface area contributed by atoms with Gasteiger partial charge in [-0.1, -0.05) is 11.6 Å². The van der Waals surface area contributed by atoms with Gasteiger partial charge < -0.3 is 0 Å². The number of nitrogens with zero attached hydrogens (tertiary/aromatic N) is 2. The SMILES string of the molecule is Cc1ccsc1-c1ncncc1Cl. The molecule has 2 nitrogen and oxygen atoms in total. The number of rotatable bonds is 1. The third-order valence-electron chi connectivity index (χ3n) is 1.74. The molecule has 13 heavy (non-hydrogen) atoms. The fraction of sp³-hybridized carbons (Fsp3) is 0.111. The summed E-state index contributed by atoms with van der Waals surface area (Å²) in [6.45, 7) is 2.05. The van der Waals surface area contributed by atoms with Gasteiger partial charge in [0.1, 0.15) is 12.0 Å². The molecule has 0 radical (unpaired) electrons. The van der Waals surface area contributed by atoms with Crippen LogP contribution in [0.2, 0.25) is 5.02 Å². The van der Waals surface area contributed by atoms with Gasteiger partial charge in [0.15, 0.2) is 0 Å². The molecule has 0 aliphatic heterocycles. The Kier molecular flexibility index (Phi) is 2.29. The lowest BCUT2D eigenvalue weighted by Gasteiger charge is -1.99. The first kappa shape index (κ1) is 8.66. The molecular formula is C9H7ClN2S. The molecule has 0 aromatic carbocycles. The molecule has 0 aliphatic carbocycles. The summed E-state index contributed by atoms with van der Waals surface area (Å²) in [5.41, 5.74) is 2.02. The Balaban J connectivity index is 2.59. The van der Waals surface area contributed by atoms with E-state index in [2.05, 4.69) is 16.0 Å². The summed E-state index contributed by atoms with van der Waals surface area (Å²) in [5.74, 6) is 0. The van der Waals surface area contributed by atoms with Crippen LogP contribution in [0.25, 0.3) is 10.6 Å². The summed E-state index contributed by atoms with van der Waals surface area (Å²) in [7, 11) is 0. The van der Waals surface area contributed by atoms with Crippen LogP contribution in [-0.4, -0.2) is 9.97 Å². The third kappa shape index (κ3) is 1.57. The maximum atomic E-state index is 5.97. The second-order valence-electron chi connectivity index (χ2n) is 2.65. The van der Waals surface area contributed by atoms with E-state index in [4.69, 9.17) is 11.6 Å². The van der Waals surface area contributed by atoms with E-state index in [0.29, 0.717) is 5.02 Å². The van der Waals surface area contributed by atoms with Gasteiger partial charge in [-0.2, -0.15) is 0 Å². The highest BCUT2D eigenvalue weighted by Crippen LogP contribution is 2.31. The van der Waals surface area contributed by atoms with Crippen LogP contribution >= 0.6 is 22.9 Å². The molecule has 0 saturated carbocycles. The van der Waals surface area contributed by atoms with E-state index in [9.17, 15) is 0 Å². The minimum Gasteiger partial charge on any atom is -0.243 e. The first-order chi connectivity index (χ1) is 6.29. The van der Waals surface area contributed by atoms with E-state index in [1.54, 1.807) is 17.5 Å². The second-order valence-corrected chi connectivity index (χ2v) is 3.98. The number of aromatic nitrogens is 2. The monoisotopic (exact) mass is 210 g/mol. The highest BCUT2D eigenvalue weighted by atomic mass is 35.5. The molecule has 66 valence electrons. The number of hydrogen-bond donors (Lipinski definition) is 0. The smallest absolute Gasteiger partial charge is 0.116 e. The normalized spacial score (nSPS) is 10.3. The minimum atomic E-state index is 0.605. The lowest BCUT2D eigenvalue weighted by Crippen LogP contribution is -1.84. The van der Waals surface area contributed by atoms with Gasteiger partial charge in [0.2, 0.25) is 0 Å². The second kappa shape index (κ2) is 3.44. The van der Waals surface area contributed by atoms with Crippen LogP contribution in [0.1, 0.15) is 5.56 Å². The van der Waals surface area contributed by atoms with Crippen molar-refractivity contribution in [3.63, 3.8) is 0 Å². The molecule has 2 heterocycles. The number of hydrogen-bond acceptors (Lipinski definition) is 3. The van der Waals surface area contributed by atoms with Crippen molar-refractivity contribution in [3.05, 3.63) is 34.6 Å². The fourth-order valence-corrected chi connectivity index (χ4v) is 2.29. The average molecular weight is 211 g/mol. The number of aryl methyl sites for hydroxylation is 1. The van der Waals surface area contributed by atoms with E-state index >= 15 is 0 Å². The largest absolute Gasteiger partial charge is 0.243 e. The van der Waals surface area contributed by atoms with Crippen molar-refractivity contribution in [2.45, 2.75) is 6.92 Å². The zero-order chi connectivity index (χ0) is 9.26. The van der Waals surface area contributed by atoms with Gasteiger partial charge in [-0.05, 0) is 23.9 Å². The quantitative estimate of drug-likeness (QED) is 0.723. The van der Waals surface area contributed by atoms with Crippen LogP contribution < -0.4 is 0 Å². The molecule has 2 rings (SSSR count). The Bertz CT molecular complexity index is 425. The van der Waals surface area contributed by atoms with Gasteiger partial charge in [-0.25, -0.2) is 9.97 Å². The topological polar surface area (TPSA) is 25.8 Å². The predicted molar refractivity (Wildman–Crippen MR) is 55.1 cm³/mol. The minimum absolute atomic E-state index is 0.605. The van der Waals surface area contributed by atoms with Crippen molar-refractivity contribution in [2.75, 3.05) is 0 Å². The number of halogens is 1. The predicted octanol–water partition coefficient (Wildman–Crippen LogP) is 3.17. The van der Waals surface area contributed by atoms with Crippen molar-refractivity contribution in [3.8, 4) is 10.6 Å². The van der Waals surface area contributed by atoms with Gasteiger partial charge >= 0.3 is 0 Å². The van der Waals surface area contributed by atoms with Crippen molar-refractivity contribution in [1.82, 2.24) is 9.97 Å². The maximum Gasteiger partial charge on any atom is 0.116 e. The van der Waals surface area contributed by atoms with Gasteiger partial charge in [0, 0.05) is 6.20 Å². The molecule has 0 amide bonds. The highest BCUT2D eigenvalue weighted by molar-refractivity contribution is 7.13. The average Bonchev–Trinajstić information content (AvgIpc) is 2.52. The molecule has 0 aliphatic rings. The Morgan fingerprint density at radius 2 is 2.31 bits per heavy atom. The standard InChI is InChI=1S/C9H7ClN2S/c1-6-2-3-13-9(6)8-7(10)4-11-5-12-8/h2-5H,1H3. The van der Waals surface area contributed by atoms with E-state index in [1.165, 1.54) is 11.9 Å². The van der Waals surface area contributed by atoms with Crippen molar-refractivity contribution < 1.29 is 0 Å². The van der Waals surface area contributed by atoms with Gasteiger partial charge in [-0.15, -0.1) is 11.3 Å². The Morgan fingerprint density at radius 1 is 1.46 bits per heavy atom. The zero-order valence-corrected chi connectivity index (χ0v) is 8.56. The molecule has 0 bridgehead atoms. The van der Waals surface area contributed by atoms with Crippen LogP contribution in [0.3, 0.4) is 0 Å². The molecule has 0 N–H and O–H groups in total. The summed E-state index contributed by atoms with van der Waals surface area (Å²) >= 11 is 7.61. The summed E-state index contributed by atoms with van der Waals surface area (Å²) < 4.78 is 0. The van der Waals surface area contributed by atoms with Crippen molar-refractivity contribution in [2.24, 2.45) is 0 Å². The highest BCUT2D eigenvalue weighted by Gasteiger charge is 2.08. The van der Waals surface area contributed by atoms with Crippen molar-refractivity contribution >= 4 is 22.9 Å². The molecule has 4 heteroatoms. The van der Waals surface area contributed by atoms with E-state index < -0.39 is 0 Å². The Labute approximate surface area is 85.2 Å². The summed E-state index contributed by atoms with van der Waals surface area (Å²) in [6, 6.07) is 2.05. The summed E-state index contributed by atoms with van der Waals surface area (Å²) in [4.78, 5) is 9.11. The lowest BCUT2D eigenvalue weighted by atomic mass is 10.2. The Hall–Kier alpha value is -0.930. The lowest BCUT2D eigenvalue weighted by molar-refractivity contribution is 1.17. The summed E-state index contributed by atoms with van der Waals surface area (Å²) in [5, 5.41) is 2.64. The van der Waals surface area contributed by atoms with E-state index in [1.807, 2.05) is 12.3 Å². The molecule has 0 unspecified atom stereocenters. The third-order valence-corrected chi connectivity index (χ3v) is 3.04. The molecule has 0 fully saturated rings. The van der Waals surface area contributed by atoms with Crippen LogP contribution in [0.15, 0.2) is 24.0 Å². The van der Waals surface area contributed by atoms with Crippen LogP contribution in [-0.2, 0) is 0 Å². The fourth-order valence-electron chi connectivity index (χ4n) is 1.10. The number of thiophene rings is 1. The maximum absolute atomic E-state index is 5.97. The van der Waals surface area contributed by atoms with Crippen molar-refractivity contribution in [1.29, 1.82) is 0 Å². The van der Waals surface area contributed by atoms with Gasteiger partial charge in [-0.3, -0.25) is 0 Å². The molecule has 0 atom stereocenters. The molecular weight excluding hydrogens is 204 g/mol. The zero-order valence-electron chi connectivity index (χ0n) is 6.99. The van der Waals surface area contributed by atoms with Crippen LogP contribution in [0.4, 0.5) is 0 Å². The molecule has 2 aromatic heterocycles. The van der Waals surface area contributed by atoms with E-state index in [-0.39, 0.29) is 0 Å². The molecule has 0 saturated heterocycles. The molecule has 0 spiro atoms. The molecule has 2 aromatic rings. The summed E-state index contributed by atoms with van der Waals surface area (Å²) in [6.07, 6.45) is 3.13. The first-order valence-corrected chi connectivity index (χ1v) is 5.05. The Morgan fingerprint density at radius 3 is 2.92 bits per heavy atom. The van der Waals surface area contributed by atoms with Gasteiger partial charge in [0.05, 0.1) is 9.90 Å². The first-order valence-electron chi connectivity index (χ1n) is 3.79. The van der Waals surface area contributed by atoms with Crippen LogP contribution in [0, 0.1) is 6.92 Å².